The minimum absolute atomic E-state index is 0.278. The summed E-state index contributed by atoms with van der Waals surface area (Å²) >= 11 is 0. The van der Waals surface area contributed by atoms with E-state index >= 15 is 0 Å². The number of nitrogens with one attached hydrogen (secondary N) is 2. The molecule has 0 atom stereocenters. The molecule has 1 fully saturated rings. The Bertz CT molecular complexity index is 743. The average molecular weight is 397 g/mol. The van der Waals surface area contributed by atoms with Crippen LogP contribution in [0, 0.1) is 5.41 Å². The van der Waals surface area contributed by atoms with Crippen LogP contribution in [0.25, 0.3) is 0 Å². The molecule has 1 aromatic rings. The maximum Gasteiger partial charge on any atom is 0.242 e. The van der Waals surface area contributed by atoms with E-state index in [9.17, 15) is 8.42 Å². The number of hydrogen-bond donors (Lipinski definition) is 2. The highest BCUT2D eigenvalue weighted by atomic mass is 32.2. The molecule has 0 spiro atoms. The van der Waals surface area contributed by atoms with E-state index in [1.807, 2.05) is 12.1 Å². The highest BCUT2D eigenvalue weighted by molar-refractivity contribution is 7.89. The van der Waals surface area contributed by atoms with Crippen LogP contribution in [-0.4, -0.2) is 60.1 Å². The van der Waals surface area contributed by atoms with Crippen molar-refractivity contribution in [2.24, 2.45) is 10.4 Å². The van der Waals surface area contributed by atoms with Crippen LogP contribution >= 0.6 is 0 Å². The van der Waals surface area contributed by atoms with Gasteiger partial charge in [-0.25, -0.2) is 12.7 Å². The molecule has 0 amide bonds. The maximum absolute atomic E-state index is 12.5. The minimum atomic E-state index is -3.48. The Labute approximate surface area is 163 Å². The third-order valence-corrected chi connectivity index (χ3v) is 7.20. The molecule has 7 nitrogen and oxygen atoms in total. The van der Waals surface area contributed by atoms with Gasteiger partial charge in [0.1, 0.15) is 0 Å². The highest BCUT2D eigenvalue weighted by Gasteiger charge is 2.36. The number of benzene rings is 1. The van der Waals surface area contributed by atoms with Gasteiger partial charge in [0.05, 0.1) is 4.90 Å². The standard InChI is InChI=1S/C19H32N4O3S/c1-20-18(22-15-19(10-7-11-19)12-13-26-4)21-14-16-8-5-6-9-17(16)27(24,25)23(2)3/h5-6,8-9H,7,10-15H2,1-4H3,(H2,20,21,22). The van der Waals surface area contributed by atoms with E-state index in [0.717, 1.165) is 19.6 Å². The zero-order valence-corrected chi connectivity index (χ0v) is 17.6. The van der Waals surface area contributed by atoms with Crippen LogP contribution in [0.3, 0.4) is 0 Å². The number of nitrogens with zero attached hydrogens (tertiary/aromatic N) is 2. The Morgan fingerprint density at radius 3 is 2.52 bits per heavy atom. The normalized spacial score (nSPS) is 16.9. The topological polar surface area (TPSA) is 83.0 Å². The minimum Gasteiger partial charge on any atom is -0.385 e. The van der Waals surface area contributed by atoms with E-state index in [4.69, 9.17) is 4.74 Å². The lowest BCUT2D eigenvalue weighted by molar-refractivity contribution is 0.0732. The maximum atomic E-state index is 12.5. The lowest BCUT2D eigenvalue weighted by Gasteiger charge is -2.42. The first-order valence-electron chi connectivity index (χ1n) is 9.28. The zero-order valence-electron chi connectivity index (χ0n) is 16.8. The van der Waals surface area contributed by atoms with Crippen LogP contribution < -0.4 is 10.6 Å². The van der Waals surface area contributed by atoms with Crippen molar-refractivity contribution >= 4 is 16.0 Å². The zero-order chi connectivity index (χ0) is 19.9. The van der Waals surface area contributed by atoms with Gasteiger partial charge >= 0.3 is 0 Å². The number of sulfonamides is 1. The Morgan fingerprint density at radius 1 is 1.26 bits per heavy atom. The van der Waals surface area contributed by atoms with Crippen molar-refractivity contribution in [3.63, 3.8) is 0 Å². The molecule has 0 unspecified atom stereocenters. The highest BCUT2D eigenvalue weighted by Crippen LogP contribution is 2.43. The number of methoxy groups -OCH3 is 1. The van der Waals surface area contributed by atoms with Gasteiger partial charge in [0.25, 0.3) is 0 Å². The van der Waals surface area contributed by atoms with E-state index in [1.165, 1.54) is 37.7 Å². The smallest absolute Gasteiger partial charge is 0.242 e. The van der Waals surface area contributed by atoms with E-state index in [2.05, 4.69) is 15.6 Å². The molecule has 1 aliphatic rings. The van der Waals surface area contributed by atoms with Crippen LogP contribution in [-0.2, 0) is 21.3 Å². The molecule has 2 rings (SSSR count). The van der Waals surface area contributed by atoms with Gasteiger partial charge in [0, 0.05) is 47.9 Å². The summed E-state index contributed by atoms with van der Waals surface area (Å²) in [5.74, 6) is 0.677. The van der Waals surface area contributed by atoms with Gasteiger partial charge in [0.2, 0.25) is 10.0 Å². The number of guanidine groups is 1. The molecule has 0 saturated heterocycles. The Kier molecular flexibility index (Phi) is 7.64. The molecule has 152 valence electrons. The Balaban J connectivity index is 1.99. The molecule has 1 aliphatic carbocycles. The molecule has 0 bridgehead atoms. The fourth-order valence-corrected chi connectivity index (χ4v) is 4.39. The monoisotopic (exact) mass is 396 g/mol. The lowest BCUT2D eigenvalue weighted by Crippen LogP contribution is -2.46. The van der Waals surface area contributed by atoms with Crippen LogP contribution in [0.2, 0.25) is 0 Å². The second-order valence-corrected chi connectivity index (χ2v) is 9.39. The number of ether oxygens (including phenoxy) is 1. The van der Waals surface area contributed by atoms with E-state index in [1.54, 1.807) is 26.3 Å². The molecule has 0 aromatic heterocycles. The molecular formula is C19H32N4O3S. The fourth-order valence-electron chi connectivity index (χ4n) is 3.28. The van der Waals surface area contributed by atoms with Crippen LogP contribution in [0.5, 0.6) is 0 Å². The Morgan fingerprint density at radius 2 is 1.96 bits per heavy atom. The van der Waals surface area contributed by atoms with Crippen molar-refractivity contribution in [2.45, 2.75) is 37.1 Å². The van der Waals surface area contributed by atoms with Crippen molar-refractivity contribution in [3.8, 4) is 0 Å². The third kappa shape index (κ3) is 5.43. The van der Waals surface area contributed by atoms with Crippen LogP contribution in [0.15, 0.2) is 34.2 Å². The molecular weight excluding hydrogens is 364 g/mol. The van der Waals surface area contributed by atoms with Crippen molar-refractivity contribution in [2.75, 3.05) is 41.4 Å². The largest absolute Gasteiger partial charge is 0.385 e. The number of hydrogen-bond acceptors (Lipinski definition) is 4. The second-order valence-electron chi connectivity index (χ2n) is 7.27. The predicted octanol–water partition coefficient (Wildman–Crippen LogP) is 1.81. The quantitative estimate of drug-likeness (QED) is 0.491. The van der Waals surface area contributed by atoms with Crippen LogP contribution in [0.4, 0.5) is 0 Å². The molecule has 0 aliphatic heterocycles. The molecule has 1 aromatic carbocycles. The Hall–Kier alpha value is -1.64. The molecule has 27 heavy (non-hydrogen) atoms. The first-order valence-corrected chi connectivity index (χ1v) is 10.7. The van der Waals surface area contributed by atoms with Gasteiger partial charge in [-0.3, -0.25) is 4.99 Å². The van der Waals surface area contributed by atoms with Gasteiger partial charge < -0.3 is 15.4 Å². The van der Waals surface area contributed by atoms with Gasteiger partial charge in [0.15, 0.2) is 5.96 Å². The molecule has 0 heterocycles. The summed E-state index contributed by atoms with van der Waals surface area (Å²) < 4.78 is 31.5. The first kappa shape index (κ1) is 21.7. The summed E-state index contributed by atoms with van der Waals surface area (Å²) in [4.78, 5) is 4.59. The molecule has 8 heteroatoms. The van der Waals surface area contributed by atoms with Gasteiger partial charge in [-0.15, -0.1) is 0 Å². The summed E-state index contributed by atoms with van der Waals surface area (Å²) in [6.07, 6.45) is 4.69. The summed E-state index contributed by atoms with van der Waals surface area (Å²) in [6.45, 7) is 1.99. The van der Waals surface area contributed by atoms with Crippen molar-refractivity contribution in [1.29, 1.82) is 0 Å². The second kappa shape index (κ2) is 9.52. The summed E-state index contributed by atoms with van der Waals surface area (Å²) in [6, 6.07) is 7.04. The van der Waals surface area contributed by atoms with E-state index < -0.39 is 10.0 Å². The molecule has 1 saturated carbocycles. The van der Waals surface area contributed by atoms with E-state index in [0.29, 0.717) is 23.0 Å². The van der Waals surface area contributed by atoms with Crippen molar-refractivity contribution in [1.82, 2.24) is 14.9 Å². The van der Waals surface area contributed by atoms with Crippen LogP contribution in [0.1, 0.15) is 31.2 Å². The molecule has 0 radical (unpaired) electrons. The third-order valence-electron chi connectivity index (χ3n) is 5.28. The predicted molar refractivity (Wildman–Crippen MR) is 108 cm³/mol. The lowest BCUT2D eigenvalue weighted by atomic mass is 9.67. The van der Waals surface area contributed by atoms with Gasteiger partial charge in [-0.2, -0.15) is 0 Å². The summed E-state index contributed by atoms with van der Waals surface area (Å²) in [5, 5.41) is 6.63. The van der Waals surface area contributed by atoms with Crippen molar-refractivity contribution in [3.05, 3.63) is 29.8 Å². The molecule has 2 N–H and O–H groups in total. The number of rotatable bonds is 9. The summed E-state index contributed by atoms with van der Waals surface area (Å²) in [7, 11) is 3.05. The fraction of sp³-hybridized carbons (Fsp3) is 0.632. The first-order chi connectivity index (χ1) is 12.8. The average Bonchev–Trinajstić information content (AvgIpc) is 2.63. The van der Waals surface area contributed by atoms with E-state index in [-0.39, 0.29) is 5.41 Å². The van der Waals surface area contributed by atoms with Gasteiger partial charge in [-0.1, -0.05) is 24.6 Å². The SMILES string of the molecule is CN=C(NCc1ccccc1S(=O)(=O)N(C)C)NCC1(CCOC)CCC1. The van der Waals surface area contributed by atoms with Gasteiger partial charge in [-0.05, 0) is 36.3 Å². The summed E-state index contributed by atoms with van der Waals surface area (Å²) in [5.41, 5.74) is 0.992. The number of aliphatic imine (C=N–C) groups is 1. The van der Waals surface area contributed by atoms with Crippen molar-refractivity contribution < 1.29 is 13.2 Å².